The van der Waals surface area contributed by atoms with Crippen molar-refractivity contribution in [2.75, 3.05) is 30.8 Å². The van der Waals surface area contributed by atoms with Gasteiger partial charge in [0.1, 0.15) is 5.69 Å². The monoisotopic (exact) mass is 306 g/mol. The number of nitrogens with one attached hydrogen (secondary N) is 1. The molecule has 1 aromatic rings. The van der Waals surface area contributed by atoms with E-state index in [-0.39, 0.29) is 17.5 Å². The fourth-order valence-corrected chi connectivity index (χ4v) is 2.46. The van der Waals surface area contributed by atoms with E-state index >= 15 is 0 Å². The number of carbonyl (C=O) groups is 1. The summed E-state index contributed by atoms with van der Waals surface area (Å²) in [6.45, 7) is 1.19. The number of anilines is 2. The first-order valence-electron chi connectivity index (χ1n) is 7.52. The van der Waals surface area contributed by atoms with E-state index in [4.69, 9.17) is 5.73 Å². The number of nitro groups is 1. The van der Waals surface area contributed by atoms with Crippen molar-refractivity contribution in [1.82, 2.24) is 5.32 Å². The summed E-state index contributed by atoms with van der Waals surface area (Å²) in [4.78, 5) is 24.1. The van der Waals surface area contributed by atoms with Crippen LogP contribution in [0.5, 0.6) is 0 Å². The average molecular weight is 306 g/mol. The van der Waals surface area contributed by atoms with E-state index in [0.717, 1.165) is 25.7 Å². The molecular weight excluding hydrogens is 284 g/mol. The zero-order valence-electron chi connectivity index (χ0n) is 12.7. The molecule has 7 nitrogen and oxygen atoms in total. The van der Waals surface area contributed by atoms with E-state index in [1.54, 1.807) is 18.0 Å². The number of carbonyl (C=O) groups excluding carboxylic acids is 1. The number of hydrogen-bond acceptors (Lipinski definition) is 5. The van der Waals surface area contributed by atoms with Crippen LogP contribution < -0.4 is 16.0 Å². The van der Waals surface area contributed by atoms with Crippen molar-refractivity contribution in [1.29, 1.82) is 0 Å². The maximum atomic E-state index is 11.7. The van der Waals surface area contributed by atoms with E-state index in [1.807, 2.05) is 0 Å². The smallest absolute Gasteiger partial charge is 0.292 e. The van der Waals surface area contributed by atoms with Crippen LogP contribution in [-0.4, -0.2) is 31.0 Å². The number of hydrogen-bond donors (Lipinski definition) is 2. The van der Waals surface area contributed by atoms with Crippen molar-refractivity contribution in [2.45, 2.75) is 25.7 Å². The lowest BCUT2D eigenvalue weighted by Gasteiger charge is -2.24. The molecule has 1 aromatic carbocycles. The van der Waals surface area contributed by atoms with Crippen molar-refractivity contribution in [3.63, 3.8) is 0 Å². The largest absolute Gasteiger partial charge is 0.399 e. The van der Waals surface area contributed by atoms with Crippen LogP contribution in [-0.2, 0) is 4.79 Å². The SMILES string of the molecule is CN(CCCNC(=O)C1CCC1)c1cc(N)ccc1[N+](=O)[O-]. The lowest BCUT2D eigenvalue weighted by Crippen LogP contribution is -2.36. The Hall–Kier alpha value is -2.31. The minimum absolute atomic E-state index is 0.0372. The van der Waals surface area contributed by atoms with Gasteiger partial charge in [-0.25, -0.2) is 0 Å². The Morgan fingerprint density at radius 1 is 1.50 bits per heavy atom. The number of nitrogen functional groups attached to an aromatic ring is 1. The molecule has 0 saturated heterocycles. The van der Waals surface area contributed by atoms with Gasteiger partial charge in [-0.2, -0.15) is 0 Å². The van der Waals surface area contributed by atoms with Gasteiger partial charge < -0.3 is 16.0 Å². The zero-order valence-corrected chi connectivity index (χ0v) is 12.7. The number of nitrogens with zero attached hydrogens (tertiary/aromatic N) is 2. The van der Waals surface area contributed by atoms with Gasteiger partial charge in [0.15, 0.2) is 0 Å². The van der Waals surface area contributed by atoms with Gasteiger partial charge in [-0.05, 0) is 31.4 Å². The zero-order chi connectivity index (χ0) is 16.1. The highest BCUT2D eigenvalue weighted by Crippen LogP contribution is 2.29. The number of benzene rings is 1. The number of rotatable bonds is 7. The summed E-state index contributed by atoms with van der Waals surface area (Å²) >= 11 is 0. The molecule has 0 radical (unpaired) electrons. The second-order valence-electron chi connectivity index (χ2n) is 5.70. The first-order chi connectivity index (χ1) is 10.5. The van der Waals surface area contributed by atoms with Crippen molar-refractivity contribution in [3.8, 4) is 0 Å². The highest BCUT2D eigenvalue weighted by atomic mass is 16.6. The van der Waals surface area contributed by atoms with Gasteiger partial charge in [0.25, 0.3) is 5.69 Å². The predicted molar refractivity (Wildman–Crippen MR) is 85.7 cm³/mol. The van der Waals surface area contributed by atoms with Gasteiger partial charge in [0, 0.05) is 37.8 Å². The highest BCUT2D eigenvalue weighted by molar-refractivity contribution is 5.79. The molecule has 0 spiro atoms. The molecule has 0 atom stereocenters. The molecular formula is C15H22N4O3. The minimum atomic E-state index is -0.413. The molecule has 1 fully saturated rings. The van der Waals surface area contributed by atoms with Crippen molar-refractivity contribution in [2.24, 2.45) is 5.92 Å². The lowest BCUT2D eigenvalue weighted by molar-refractivity contribution is -0.384. The van der Waals surface area contributed by atoms with Crippen molar-refractivity contribution >= 4 is 23.0 Å². The summed E-state index contributed by atoms with van der Waals surface area (Å²) < 4.78 is 0. The van der Waals surface area contributed by atoms with Gasteiger partial charge in [-0.3, -0.25) is 14.9 Å². The van der Waals surface area contributed by atoms with Crippen LogP contribution in [0.25, 0.3) is 0 Å². The normalized spacial score (nSPS) is 14.2. The van der Waals surface area contributed by atoms with Crippen molar-refractivity contribution in [3.05, 3.63) is 28.3 Å². The second-order valence-corrected chi connectivity index (χ2v) is 5.70. The highest BCUT2D eigenvalue weighted by Gasteiger charge is 2.24. The van der Waals surface area contributed by atoms with E-state index in [0.29, 0.717) is 24.5 Å². The van der Waals surface area contributed by atoms with Crippen LogP contribution in [0.4, 0.5) is 17.1 Å². The summed E-state index contributed by atoms with van der Waals surface area (Å²) in [5.41, 5.74) is 6.73. The van der Waals surface area contributed by atoms with Crippen LogP contribution in [0.3, 0.4) is 0 Å². The third kappa shape index (κ3) is 3.87. The molecule has 1 aliphatic rings. The van der Waals surface area contributed by atoms with Gasteiger partial charge in [-0.15, -0.1) is 0 Å². The quantitative estimate of drug-likeness (QED) is 0.347. The Balaban J connectivity index is 1.84. The molecule has 1 amide bonds. The van der Waals surface area contributed by atoms with E-state index in [9.17, 15) is 14.9 Å². The first kappa shape index (κ1) is 16.1. The maximum Gasteiger partial charge on any atom is 0.292 e. The summed E-state index contributed by atoms with van der Waals surface area (Å²) in [5.74, 6) is 0.316. The van der Waals surface area contributed by atoms with Gasteiger partial charge >= 0.3 is 0 Å². The molecule has 1 aliphatic carbocycles. The molecule has 3 N–H and O–H groups in total. The molecule has 120 valence electrons. The number of nitro benzene ring substituents is 1. The van der Waals surface area contributed by atoms with Crippen LogP contribution >= 0.6 is 0 Å². The summed E-state index contributed by atoms with van der Waals surface area (Å²) in [7, 11) is 1.79. The Morgan fingerprint density at radius 2 is 2.23 bits per heavy atom. The summed E-state index contributed by atoms with van der Waals surface area (Å²) in [5, 5.41) is 14.0. The molecule has 7 heteroatoms. The van der Waals surface area contributed by atoms with Crippen LogP contribution in [0.2, 0.25) is 0 Å². The fraction of sp³-hybridized carbons (Fsp3) is 0.533. The molecule has 0 unspecified atom stereocenters. The lowest BCUT2D eigenvalue weighted by atomic mass is 9.85. The number of amides is 1. The molecule has 0 heterocycles. The maximum absolute atomic E-state index is 11.7. The predicted octanol–water partition coefficient (Wildman–Crippen LogP) is 1.92. The molecule has 22 heavy (non-hydrogen) atoms. The molecule has 1 saturated carbocycles. The first-order valence-corrected chi connectivity index (χ1v) is 7.52. The van der Waals surface area contributed by atoms with Crippen LogP contribution in [0.1, 0.15) is 25.7 Å². The molecule has 0 aliphatic heterocycles. The Kier molecular flexibility index (Phi) is 5.19. The third-order valence-electron chi connectivity index (χ3n) is 4.05. The Morgan fingerprint density at radius 3 is 2.82 bits per heavy atom. The topological polar surface area (TPSA) is 102 Å². The van der Waals surface area contributed by atoms with E-state index in [1.165, 1.54) is 12.1 Å². The van der Waals surface area contributed by atoms with Crippen LogP contribution in [0.15, 0.2) is 18.2 Å². The summed E-state index contributed by atoms with van der Waals surface area (Å²) in [6, 6.07) is 4.54. The Labute approximate surface area is 129 Å². The molecule has 0 aromatic heterocycles. The summed E-state index contributed by atoms with van der Waals surface area (Å²) in [6.07, 6.45) is 3.84. The van der Waals surface area contributed by atoms with Gasteiger partial charge in [0.05, 0.1) is 4.92 Å². The standard InChI is InChI=1S/C15H22N4O3/c1-18(9-3-8-17-15(20)11-4-2-5-11)14-10-12(16)6-7-13(14)19(21)22/h6-7,10-11H,2-5,8-9,16H2,1H3,(H,17,20). The molecule has 0 bridgehead atoms. The van der Waals surface area contributed by atoms with E-state index in [2.05, 4.69) is 5.32 Å². The van der Waals surface area contributed by atoms with Crippen LogP contribution in [0, 0.1) is 16.0 Å². The second kappa shape index (κ2) is 7.11. The Bertz CT molecular complexity index is 558. The van der Waals surface area contributed by atoms with Crippen molar-refractivity contribution < 1.29 is 9.72 Å². The van der Waals surface area contributed by atoms with Gasteiger partial charge in [-0.1, -0.05) is 6.42 Å². The average Bonchev–Trinajstić information content (AvgIpc) is 2.41. The fourth-order valence-electron chi connectivity index (χ4n) is 2.46. The van der Waals surface area contributed by atoms with E-state index < -0.39 is 4.92 Å². The molecule has 2 rings (SSSR count). The minimum Gasteiger partial charge on any atom is -0.399 e. The number of nitrogens with two attached hydrogens (primary N) is 1. The third-order valence-corrected chi connectivity index (χ3v) is 4.05. The van der Waals surface area contributed by atoms with Gasteiger partial charge in [0.2, 0.25) is 5.91 Å².